The summed E-state index contributed by atoms with van der Waals surface area (Å²) >= 11 is 0. The van der Waals surface area contributed by atoms with Crippen molar-refractivity contribution in [2.45, 2.75) is 39.2 Å². The lowest BCUT2D eigenvalue weighted by Crippen LogP contribution is -2.25. The molecule has 1 unspecified atom stereocenters. The molecule has 2 aliphatic rings. The highest BCUT2D eigenvalue weighted by atomic mass is 16.5. The summed E-state index contributed by atoms with van der Waals surface area (Å²) in [5.41, 5.74) is 4.19. The molecule has 0 bridgehead atoms. The summed E-state index contributed by atoms with van der Waals surface area (Å²) in [5, 5.41) is 2.97. The van der Waals surface area contributed by atoms with Gasteiger partial charge < -0.3 is 19.7 Å². The lowest BCUT2D eigenvalue weighted by molar-refractivity contribution is -0.116. The summed E-state index contributed by atoms with van der Waals surface area (Å²) in [6.07, 6.45) is 2.93. The molecule has 6 heteroatoms. The number of hydrogen-bond acceptors (Lipinski definition) is 4. The highest BCUT2D eigenvalue weighted by Crippen LogP contribution is 2.31. The van der Waals surface area contributed by atoms with Crippen LogP contribution in [0, 0.1) is 6.92 Å². The van der Waals surface area contributed by atoms with Crippen LogP contribution in [0.1, 0.15) is 41.3 Å². The van der Waals surface area contributed by atoms with Crippen LogP contribution >= 0.6 is 0 Å². The zero-order chi connectivity index (χ0) is 20.4. The molecule has 2 aromatic rings. The summed E-state index contributed by atoms with van der Waals surface area (Å²) in [6.45, 7) is 5.48. The number of amides is 2. The van der Waals surface area contributed by atoms with E-state index in [-0.39, 0.29) is 17.9 Å². The van der Waals surface area contributed by atoms with Crippen LogP contribution in [0.25, 0.3) is 0 Å². The lowest BCUT2D eigenvalue weighted by Gasteiger charge is -2.17. The van der Waals surface area contributed by atoms with Crippen molar-refractivity contribution in [1.82, 2.24) is 0 Å². The van der Waals surface area contributed by atoms with E-state index in [0.29, 0.717) is 30.2 Å². The van der Waals surface area contributed by atoms with Crippen molar-refractivity contribution >= 4 is 23.2 Å². The van der Waals surface area contributed by atoms with E-state index >= 15 is 0 Å². The smallest absolute Gasteiger partial charge is 0.255 e. The zero-order valence-electron chi connectivity index (χ0n) is 16.9. The summed E-state index contributed by atoms with van der Waals surface area (Å²) in [7, 11) is 0. The average Bonchev–Trinajstić information content (AvgIpc) is 3.37. The number of aryl methyl sites for hydroxylation is 1. The van der Waals surface area contributed by atoms with Gasteiger partial charge in [0.1, 0.15) is 12.4 Å². The molecule has 1 N–H and O–H groups in total. The molecule has 1 fully saturated rings. The second kappa shape index (κ2) is 8.25. The topological polar surface area (TPSA) is 67.9 Å². The van der Waals surface area contributed by atoms with E-state index in [2.05, 4.69) is 5.32 Å². The van der Waals surface area contributed by atoms with E-state index in [1.54, 1.807) is 17.9 Å². The molecular formula is C23H26N2O4. The summed E-state index contributed by atoms with van der Waals surface area (Å²) < 4.78 is 11.6. The van der Waals surface area contributed by atoms with E-state index in [9.17, 15) is 9.59 Å². The fraction of sp³-hybridized carbons (Fsp3) is 0.391. The summed E-state index contributed by atoms with van der Waals surface area (Å²) in [5.74, 6) is 0.478. The molecule has 0 aromatic heterocycles. The van der Waals surface area contributed by atoms with Crippen molar-refractivity contribution in [1.29, 1.82) is 0 Å². The predicted molar refractivity (Wildman–Crippen MR) is 112 cm³/mol. The molecule has 1 saturated heterocycles. The number of carbonyl (C=O) groups excluding carboxylic acids is 2. The molecule has 2 heterocycles. The third-order valence-corrected chi connectivity index (χ3v) is 5.45. The monoisotopic (exact) mass is 394 g/mol. The van der Waals surface area contributed by atoms with E-state index in [4.69, 9.17) is 9.47 Å². The Labute approximate surface area is 170 Å². The molecule has 2 aromatic carbocycles. The van der Waals surface area contributed by atoms with Gasteiger partial charge in [0.15, 0.2) is 0 Å². The number of rotatable bonds is 5. The quantitative estimate of drug-likeness (QED) is 0.839. The third-order valence-electron chi connectivity index (χ3n) is 5.45. The molecule has 6 nitrogen and oxygen atoms in total. The fourth-order valence-corrected chi connectivity index (χ4v) is 3.88. The highest BCUT2D eigenvalue weighted by molar-refractivity contribution is 6.06. The number of anilines is 2. The molecule has 2 aliphatic heterocycles. The molecule has 0 saturated carbocycles. The van der Waals surface area contributed by atoms with Gasteiger partial charge in [0.25, 0.3) is 5.91 Å². The Morgan fingerprint density at radius 2 is 2.10 bits per heavy atom. The maximum absolute atomic E-state index is 12.9. The second-order valence-electron chi connectivity index (χ2n) is 7.66. The Morgan fingerprint density at radius 1 is 1.24 bits per heavy atom. The maximum atomic E-state index is 12.9. The number of nitrogens with zero attached hydrogens (tertiary/aromatic N) is 1. The van der Waals surface area contributed by atoms with Crippen molar-refractivity contribution < 1.29 is 19.1 Å². The van der Waals surface area contributed by atoms with Gasteiger partial charge in [-0.3, -0.25) is 9.59 Å². The normalized spacial score (nSPS) is 17.9. The van der Waals surface area contributed by atoms with Crippen LogP contribution in [0.5, 0.6) is 5.75 Å². The van der Waals surface area contributed by atoms with Gasteiger partial charge in [-0.05, 0) is 67.6 Å². The van der Waals surface area contributed by atoms with Gasteiger partial charge in [-0.1, -0.05) is 6.07 Å². The standard InChI is InChI=1S/C23H26N2O4/c1-15-5-7-20(22(12-15)29-14-19-4-3-11-28-19)24-23(27)18-6-8-21-17(13-18)9-10-25(21)16(2)26/h5-8,12-13,19H,3-4,9-11,14H2,1-2H3,(H,24,27). The van der Waals surface area contributed by atoms with Crippen LogP contribution in [0.2, 0.25) is 0 Å². The van der Waals surface area contributed by atoms with Gasteiger partial charge >= 0.3 is 0 Å². The Kier molecular flexibility index (Phi) is 5.53. The van der Waals surface area contributed by atoms with E-state index in [1.807, 2.05) is 37.3 Å². The number of benzene rings is 2. The number of carbonyl (C=O) groups is 2. The third kappa shape index (κ3) is 4.27. The summed E-state index contributed by atoms with van der Waals surface area (Å²) in [4.78, 5) is 26.3. The minimum Gasteiger partial charge on any atom is -0.489 e. The van der Waals surface area contributed by atoms with Crippen molar-refractivity contribution in [2.24, 2.45) is 0 Å². The molecule has 29 heavy (non-hydrogen) atoms. The Morgan fingerprint density at radius 3 is 2.86 bits per heavy atom. The summed E-state index contributed by atoms with van der Waals surface area (Å²) in [6, 6.07) is 11.2. The van der Waals surface area contributed by atoms with Crippen LogP contribution in [0.15, 0.2) is 36.4 Å². The van der Waals surface area contributed by atoms with Crippen molar-refractivity contribution in [3.63, 3.8) is 0 Å². The zero-order valence-corrected chi connectivity index (χ0v) is 16.9. The Balaban J connectivity index is 1.49. The van der Waals surface area contributed by atoms with Crippen molar-refractivity contribution in [2.75, 3.05) is 30.0 Å². The fourth-order valence-electron chi connectivity index (χ4n) is 3.88. The van der Waals surface area contributed by atoms with Gasteiger partial charge in [0.2, 0.25) is 5.91 Å². The lowest BCUT2D eigenvalue weighted by atomic mass is 10.1. The predicted octanol–water partition coefficient (Wildman–Crippen LogP) is 3.71. The number of hydrogen-bond donors (Lipinski definition) is 1. The average molecular weight is 394 g/mol. The second-order valence-corrected chi connectivity index (χ2v) is 7.66. The van der Waals surface area contributed by atoms with Gasteiger partial charge in [0, 0.05) is 31.3 Å². The minimum absolute atomic E-state index is 0.0219. The van der Waals surface area contributed by atoms with Gasteiger partial charge in [-0.15, -0.1) is 0 Å². The van der Waals surface area contributed by atoms with E-state index in [1.165, 1.54) is 0 Å². The van der Waals surface area contributed by atoms with Gasteiger partial charge in [0.05, 0.1) is 11.8 Å². The van der Waals surface area contributed by atoms with Crippen LogP contribution in [0.4, 0.5) is 11.4 Å². The Hall–Kier alpha value is -2.86. The largest absolute Gasteiger partial charge is 0.489 e. The van der Waals surface area contributed by atoms with Gasteiger partial charge in [-0.25, -0.2) is 0 Å². The first-order valence-corrected chi connectivity index (χ1v) is 10.1. The molecule has 2 amide bonds. The molecule has 0 radical (unpaired) electrons. The molecule has 0 aliphatic carbocycles. The van der Waals surface area contributed by atoms with Crippen LogP contribution in [-0.2, 0) is 16.0 Å². The molecule has 4 rings (SSSR count). The maximum Gasteiger partial charge on any atom is 0.255 e. The van der Waals surface area contributed by atoms with E-state index in [0.717, 1.165) is 42.7 Å². The van der Waals surface area contributed by atoms with Crippen molar-refractivity contribution in [3.8, 4) is 5.75 Å². The number of nitrogens with one attached hydrogen (secondary N) is 1. The Bertz CT molecular complexity index is 934. The molecule has 1 atom stereocenters. The first kappa shape index (κ1) is 19.5. The highest BCUT2D eigenvalue weighted by Gasteiger charge is 2.23. The minimum atomic E-state index is -0.195. The first-order chi connectivity index (χ1) is 14.0. The van der Waals surface area contributed by atoms with E-state index < -0.39 is 0 Å². The number of ether oxygens (including phenoxy) is 2. The molecule has 0 spiro atoms. The van der Waals surface area contributed by atoms with Crippen molar-refractivity contribution in [3.05, 3.63) is 53.1 Å². The van der Waals surface area contributed by atoms with Gasteiger partial charge in [-0.2, -0.15) is 0 Å². The molecular weight excluding hydrogens is 368 g/mol. The van der Waals surface area contributed by atoms with Crippen LogP contribution in [0.3, 0.4) is 0 Å². The number of fused-ring (bicyclic) bond motifs is 1. The van der Waals surface area contributed by atoms with Crippen LogP contribution in [-0.4, -0.2) is 37.7 Å². The molecule has 152 valence electrons. The SMILES string of the molecule is CC(=O)N1CCc2cc(C(=O)Nc3ccc(C)cc3OCC3CCCO3)ccc21. The first-order valence-electron chi connectivity index (χ1n) is 10.1. The van der Waals surface area contributed by atoms with Crippen LogP contribution < -0.4 is 15.0 Å².